The van der Waals surface area contributed by atoms with Crippen LogP contribution in [0.15, 0.2) is 17.5 Å². The van der Waals surface area contributed by atoms with Gasteiger partial charge in [0.1, 0.15) is 0 Å². The maximum absolute atomic E-state index is 12.0. The zero-order chi connectivity index (χ0) is 15.1. The summed E-state index contributed by atoms with van der Waals surface area (Å²) in [5, 5.41) is 16.7. The van der Waals surface area contributed by atoms with E-state index in [-0.39, 0.29) is 42.8 Å². The first kappa shape index (κ1) is 16.7. The normalized spacial score (nSPS) is 13.8. The van der Waals surface area contributed by atoms with Crippen LogP contribution in [0.4, 0.5) is 0 Å². The Labute approximate surface area is 123 Å². The van der Waals surface area contributed by atoms with Gasteiger partial charge >= 0.3 is 0 Å². The standard InChI is InChI=1S/C14H22N2O3S/c1-9(2)12(8-17)16-14(19)7-11(15-10(3)18)13-5-4-6-20-13/h4-6,9,11-12,17H,7-8H2,1-3H3,(H,15,18)(H,16,19). The van der Waals surface area contributed by atoms with E-state index >= 15 is 0 Å². The minimum atomic E-state index is -0.320. The van der Waals surface area contributed by atoms with Gasteiger partial charge in [-0.2, -0.15) is 0 Å². The molecule has 0 aliphatic heterocycles. The van der Waals surface area contributed by atoms with Crippen LogP contribution < -0.4 is 10.6 Å². The Morgan fingerprint density at radius 1 is 1.35 bits per heavy atom. The quantitative estimate of drug-likeness (QED) is 0.713. The topological polar surface area (TPSA) is 78.4 Å². The van der Waals surface area contributed by atoms with Crippen molar-refractivity contribution in [3.63, 3.8) is 0 Å². The Balaban J connectivity index is 2.65. The largest absolute Gasteiger partial charge is 0.394 e. The highest BCUT2D eigenvalue weighted by Crippen LogP contribution is 2.22. The first-order valence-corrected chi connectivity index (χ1v) is 7.52. The second-order valence-corrected chi connectivity index (χ2v) is 6.05. The average molecular weight is 298 g/mol. The molecule has 1 heterocycles. The van der Waals surface area contributed by atoms with Crippen molar-refractivity contribution in [1.82, 2.24) is 10.6 Å². The van der Waals surface area contributed by atoms with E-state index in [0.29, 0.717) is 0 Å². The Kier molecular flexibility index (Phi) is 6.67. The predicted octanol–water partition coefficient (Wildman–Crippen LogP) is 1.45. The highest BCUT2D eigenvalue weighted by molar-refractivity contribution is 7.10. The highest BCUT2D eigenvalue weighted by Gasteiger charge is 2.21. The van der Waals surface area contributed by atoms with E-state index < -0.39 is 0 Å². The Bertz CT molecular complexity index is 432. The van der Waals surface area contributed by atoms with Crippen LogP contribution in [-0.2, 0) is 9.59 Å². The maximum Gasteiger partial charge on any atom is 0.222 e. The molecular weight excluding hydrogens is 276 g/mol. The molecule has 5 nitrogen and oxygen atoms in total. The van der Waals surface area contributed by atoms with Gasteiger partial charge in [0.15, 0.2) is 0 Å². The van der Waals surface area contributed by atoms with Gasteiger partial charge < -0.3 is 15.7 Å². The third-order valence-corrected chi connectivity index (χ3v) is 3.99. The second kappa shape index (κ2) is 8.01. The van der Waals surface area contributed by atoms with Gasteiger partial charge in [0.05, 0.1) is 25.1 Å². The molecule has 0 saturated heterocycles. The number of hydrogen-bond donors (Lipinski definition) is 3. The van der Waals surface area contributed by atoms with E-state index in [1.165, 1.54) is 18.3 Å². The van der Waals surface area contributed by atoms with E-state index in [0.717, 1.165) is 4.88 Å². The van der Waals surface area contributed by atoms with E-state index in [4.69, 9.17) is 0 Å². The fourth-order valence-corrected chi connectivity index (χ4v) is 2.61. The Morgan fingerprint density at radius 3 is 2.50 bits per heavy atom. The number of thiophene rings is 1. The molecule has 0 aliphatic carbocycles. The molecule has 3 N–H and O–H groups in total. The number of rotatable bonds is 7. The zero-order valence-corrected chi connectivity index (χ0v) is 12.9. The minimum absolute atomic E-state index is 0.0901. The number of nitrogens with one attached hydrogen (secondary N) is 2. The Morgan fingerprint density at radius 2 is 2.05 bits per heavy atom. The fraction of sp³-hybridized carbons (Fsp3) is 0.571. The van der Waals surface area contributed by atoms with Crippen molar-refractivity contribution in [3.05, 3.63) is 22.4 Å². The van der Waals surface area contributed by atoms with Crippen molar-refractivity contribution in [3.8, 4) is 0 Å². The first-order chi connectivity index (χ1) is 9.43. The molecule has 0 bridgehead atoms. The first-order valence-electron chi connectivity index (χ1n) is 6.64. The van der Waals surface area contributed by atoms with Crippen molar-refractivity contribution in [2.24, 2.45) is 5.92 Å². The number of carbonyl (C=O) groups is 2. The predicted molar refractivity (Wildman–Crippen MR) is 79.3 cm³/mol. The van der Waals surface area contributed by atoms with Crippen LogP contribution >= 0.6 is 11.3 Å². The van der Waals surface area contributed by atoms with Crippen molar-refractivity contribution in [2.75, 3.05) is 6.61 Å². The summed E-state index contributed by atoms with van der Waals surface area (Å²) in [4.78, 5) is 24.2. The summed E-state index contributed by atoms with van der Waals surface area (Å²) in [6.45, 7) is 5.22. The second-order valence-electron chi connectivity index (χ2n) is 5.07. The van der Waals surface area contributed by atoms with Crippen LogP contribution in [0.2, 0.25) is 0 Å². The lowest BCUT2D eigenvalue weighted by atomic mass is 10.0. The molecule has 0 radical (unpaired) electrons. The van der Waals surface area contributed by atoms with Crippen molar-refractivity contribution < 1.29 is 14.7 Å². The summed E-state index contributed by atoms with van der Waals surface area (Å²) < 4.78 is 0. The number of aliphatic hydroxyl groups is 1. The van der Waals surface area contributed by atoms with Crippen molar-refractivity contribution >= 4 is 23.2 Å². The maximum atomic E-state index is 12.0. The molecule has 0 aliphatic rings. The molecule has 1 rings (SSSR count). The lowest BCUT2D eigenvalue weighted by Crippen LogP contribution is -2.42. The molecule has 0 saturated carbocycles. The van der Waals surface area contributed by atoms with Gasteiger partial charge in [0.25, 0.3) is 0 Å². The molecule has 0 fully saturated rings. The molecule has 0 aromatic carbocycles. The summed E-state index contributed by atoms with van der Waals surface area (Å²) in [6, 6.07) is 3.20. The fourth-order valence-electron chi connectivity index (χ4n) is 1.83. The average Bonchev–Trinajstić information content (AvgIpc) is 2.87. The summed E-state index contributed by atoms with van der Waals surface area (Å²) in [5.41, 5.74) is 0. The molecule has 1 aromatic heterocycles. The molecule has 6 heteroatoms. The van der Waals surface area contributed by atoms with Gasteiger partial charge in [-0.25, -0.2) is 0 Å². The van der Waals surface area contributed by atoms with E-state index in [1.807, 2.05) is 31.4 Å². The van der Waals surface area contributed by atoms with Gasteiger partial charge in [0.2, 0.25) is 11.8 Å². The number of carbonyl (C=O) groups excluding carboxylic acids is 2. The van der Waals surface area contributed by atoms with Gasteiger partial charge in [0, 0.05) is 11.8 Å². The molecular formula is C14H22N2O3S. The Hall–Kier alpha value is -1.40. The number of aliphatic hydroxyl groups excluding tert-OH is 1. The van der Waals surface area contributed by atoms with E-state index in [9.17, 15) is 14.7 Å². The summed E-state index contributed by atoms with van der Waals surface area (Å²) in [7, 11) is 0. The van der Waals surface area contributed by atoms with Crippen molar-refractivity contribution in [2.45, 2.75) is 39.3 Å². The smallest absolute Gasteiger partial charge is 0.222 e. The third kappa shape index (κ3) is 5.30. The monoisotopic (exact) mass is 298 g/mol. The molecule has 2 unspecified atom stereocenters. The summed E-state index contributed by atoms with van der Waals surface area (Å²) in [6.07, 6.45) is 0.170. The van der Waals surface area contributed by atoms with E-state index in [1.54, 1.807) is 0 Å². The van der Waals surface area contributed by atoms with Gasteiger partial charge in [-0.3, -0.25) is 9.59 Å². The lowest BCUT2D eigenvalue weighted by Gasteiger charge is -2.22. The summed E-state index contributed by atoms with van der Waals surface area (Å²) >= 11 is 1.50. The SMILES string of the molecule is CC(=O)NC(CC(=O)NC(CO)C(C)C)c1cccs1. The highest BCUT2D eigenvalue weighted by atomic mass is 32.1. The van der Waals surface area contributed by atoms with Gasteiger partial charge in [-0.1, -0.05) is 19.9 Å². The number of hydrogen-bond acceptors (Lipinski definition) is 4. The number of amides is 2. The molecule has 0 spiro atoms. The van der Waals surface area contributed by atoms with Crippen LogP contribution in [0, 0.1) is 5.92 Å². The van der Waals surface area contributed by atoms with Crippen LogP contribution in [0.5, 0.6) is 0 Å². The molecule has 1 aromatic rings. The van der Waals surface area contributed by atoms with Crippen LogP contribution in [0.25, 0.3) is 0 Å². The lowest BCUT2D eigenvalue weighted by molar-refractivity contribution is -0.123. The molecule has 2 amide bonds. The van der Waals surface area contributed by atoms with Gasteiger partial charge in [-0.15, -0.1) is 11.3 Å². The van der Waals surface area contributed by atoms with Crippen LogP contribution in [0.3, 0.4) is 0 Å². The molecule has 2 atom stereocenters. The molecule has 20 heavy (non-hydrogen) atoms. The van der Waals surface area contributed by atoms with Crippen LogP contribution in [0.1, 0.15) is 38.1 Å². The zero-order valence-electron chi connectivity index (χ0n) is 12.1. The third-order valence-electron chi connectivity index (χ3n) is 3.00. The summed E-state index contributed by atoms with van der Waals surface area (Å²) in [5.74, 6) is -0.187. The molecule has 112 valence electrons. The van der Waals surface area contributed by atoms with Crippen molar-refractivity contribution in [1.29, 1.82) is 0 Å². The van der Waals surface area contributed by atoms with Crippen LogP contribution in [-0.4, -0.2) is 29.6 Å². The van der Waals surface area contributed by atoms with Gasteiger partial charge in [-0.05, 0) is 17.4 Å². The van der Waals surface area contributed by atoms with E-state index in [2.05, 4.69) is 10.6 Å². The minimum Gasteiger partial charge on any atom is -0.394 e.